The number of hydrogen-bond donors (Lipinski definition) is 2. The minimum Gasteiger partial charge on any atom is -0.497 e. The molecule has 28 heavy (non-hydrogen) atoms. The summed E-state index contributed by atoms with van der Waals surface area (Å²) in [5.41, 5.74) is 6.33. The summed E-state index contributed by atoms with van der Waals surface area (Å²) in [6, 6.07) is 15.6. The highest BCUT2D eigenvalue weighted by atomic mass is 16.5. The molecule has 7 heteroatoms. The van der Waals surface area contributed by atoms with E-state index in [1.807, 2.05) is 43.3 Å². The first-order valence-corrected chi connectivity index (χ1v) is 9.30. The Morgan fingerprint density at radius 1 is 1.11 bits per heavy atom. The Balaban J connectivity index is 1.49. The molecule has 1 fully saturated rings. The van der Waals surface area contributed by atoms with Crippen molar-refractivity contribution in [2.75, 3.05) is 50.2 Å². The minimum atomic E-state index is -0.208. The molecular weight excluding hydrogens is 356 g/mol. The van der Waals surface area contributed by atoms with Gasteiger partial charge in [-0.05, 0) is 48.9 Å². The molecule has 0 aliphatic carbocycles. The van der Waals surface area contributed by atoms with E-state index in [1.165, 1.54) is 5.69 Å². The summed E-state index contributed by atoms with van der Waals surface area (Å²) in [6.07, 6.45) is 0. The molecule has 1 aliphatic rings. The Hall–Kier alpha value is -3.06. The van der Waals surface area contributed by atoms with E-state index in [4.69, 9.17) is 9.47 Å². The van der Waals surface area contributed by atoms with E-state index in [1.54, 1.807) is 7.11 Å². The Kier molecular flexibility index (Phi) is 6.86. The first kappa shape index (κ1) is 19.7. The Morgan fingerprint density at radius 2 is 1.79 bits per heavy atom. The molecule has 0 bridgehead atoms. The molecule has 148 valence electrons. The maximum absolute atomic E-state index is 12.0. The van der Waals surface area contributed by atoms with Crippen molar-refractivity contribution in [3.63, 3.8) is 0 Å². The third-order valence-electron chi connectivity index (χ3n) is 4.55. The number of ether oxygens (including phenoxy) is 2. The van der Waals surface area contributed by atoms with Crippen molar-refractivity contribution in [2.24, 2.45) is 5.10 Å². The van der Waals surface area contributed by atoms with Crippen molar-refractivity contribution in [3.05, 3.63) is 54.1 Å². The fourth-order valence-electron chi connectivity index (χ4n) is 2.88. The van der Waals surface area contributed by atoms with Crippen LogP contribution in [-0.2, 0) is 9.53 Å². The largest absolute Gasteiger partial charge is 0.497 e. The molecule has 0 aromatic heterocycles. The van der Waals surface area contributed by atoms with E-state index in [2.05, 4.69) is 32.9 Å². The number of benzene rings is 2. The fourth-order valence-corrected chi connectivity index (χ4v) is 2.88. The number of amides is 1. The molecule has 2 aromatic rings. The molecule has 3 rings (SSSR count). The number of methoxy groups -OCH3 is 1. The topological polar surface area (TPSA) is 75.2 Å². The van der Waals surface area contributed by atoms with Gasteiger partial charge in [0.2, 0.25) is 0 Å². The second-order valence-corrected chi connectivity index (χ2v) is 6.46. The number of rotatable bonds is 7. The normalized spacial score (nSPS) is 14.5. The van der Waals surface area contributed by atoms with Crippen LogP contribution >= 0.6 is 0 Å². The monoisotopic (exact) mass is 382 g/mol. The summed E-state index contributed by atoms with van der Waals surface area (Å²) in [7, 11) is 1.62. The number of nitrogens with zero attached hydrogens (tertiary/aromatic N) is 2. The highest BCUT2D eigenvalue weighted by Crippen LogP contribution is 2.17. The van der Waals surface area contributed by atoms with Crippen molar-refractivity contribution in [1.82, 2.24) is 5.43 Å². The van der Waals surface area contributed by atoms with E-state index in [0.29, 0.717) is 0 Å². The summed E-state index contributed by atoms with van der Waals surface area (Å²) in [4.78, 5) is 14.3. The number of carbonyl (C=O) groups excluding carboxylic acids is 1. The average Bonchev–Trinajstić information content (AvgIpc) is 2.77. The van der Waals surface area contributed by atoms with Crippen LogP contribution in [0.4, 0.5) is 11.4 Å². The summed E-state index contributed by atoms with van der Waals surface area (Å²) >= 11 is 0. The SMILES string of the molecule is COc1ccc(NCC(=O)N/N=C(/C)c2ccc(N3CCOCC3)cc2)cc1. The van der Waals surface area contributed by atoms with Gasteiger partial charge in [0.15, 0.2) is 0 Å². The van der Waals surface area contributed by atoms with E-state index < -0.39 is 0 Å². The molecule has 0 spiro atoms. The van der Waals surface area contributed by atoms with Gasteiger partial charge in [0.1, 0.15) is 5.75 Å². The van der Waals surface area contributed by atoms with Crippen molar-refractivity contribution in [2.45, 2.75) is 6.92 Å². The second-order valence-electron chi connectivity index (χ2n) is 6.46. The Labute approximate surface area is 165 Å². The first-order chi connectivity index (χ1) is 13.7. The lowest BCUT2D eigenvalue weighted by molar-refractivity contribution is -0.119. The molecule has 0 atom stereocenters. The average molecular weight is 382 g/mol. The van der Waals surface area contributed by atoms with E-state index in [0.717, 1.165) is 49.0 Å². The van der Waals surface area contributed by atoms with Crippen LogP contribution in [-0.4, -0.2) is 51.6 Å². The van der Waals surface area contributed by atoms with Gasteiger partial charge >= 0.3 is 0 Å². The predicted molar refractivity (Wildman–Crippen MR) is 111 cm³/mol. The number of nitrogens with one attached hydrogen (secondary N) is 2. The molecule has 2 aromatic carbocycles. The lowest BCUT2D eigenvalue weighted by Crippen LogP contribution is -2.36. The zero-order valence-electron chi connectivity index (χ0n) is 16.3. The third kappa shape index (κ3) is 5.47. The van der Waals surface area contributed by atoms with Crippen molar-refractivity contribution >= 4 is 23.0 Å². The molecule has 0 saturated carbocycles. The van der Waals surface area contributed by atoms with Gasteiger partial charge in [-0.3, -0.25) is 4.79 Å². The number of hydrazone groups is 1. The quantitative estimate of drug-likeness (QED) is 0.568. The number of morpholine rings is 1. The summed E-state index contributed by atoms with van der Waals surface area (Å²) in [5, 5.41) is 7.25. The van der Waals surface area contributed by atoms with Gasteiger partial charge in [-0.2, -0.15) is 5.10 Å². The second kappa shape index (κ2) is 9.75. The van der Waals surface area contributed by atoms with Crippen LogP contribution < -0.4 is 20.4 Å². The highest BCUT2D eigenvalue weighted by Gasteiger charge is 2.11. The van der Waals surface area contributed by atoms with Gasteiger partial charge in [0, 0.05) is 24.5 Å². The lowest BCUT2D eigenvalue weighted by Gasteiger charge is -2.28. The Bertz CT molecular complexity index is 797. The van der Waals surface area contributed by atoms with Crippen LogP contribution in [0.15, 0.2) is 53.6 Å². The molecule has 0 radical (unpaired) electrons. The maximum atomic E-state index is 12.0. The molecule has 1 amide bonds. The van der Waals surface area contributed by atoms with Gasteiger partial charge in [-0.1, -0.05) is 12.1 Å². The first-order valence-electron chi connectivity index (χ1n) is 9.30. The van der Waals surface area contributed by atoms with Gasteiger partial charge in [0.05, 0.1) is 32.6 Å². The third-order valence-corrected chi connectivity index (χ3v) is 4.55. The van der Waals surface area contributed by atoms with Crippen LogP contribution in [0, 0.1) is 0 Å². The van der Waals surface area contributed by atoms with Gasteiger partial charge in [0.25, 0.3) is 5.91 Å². The van der Waals surface area contributed by atoms with Crippen molar-refractivity contribution in [1.29, 1.82) is 0 Å². The van der Waals surface area contributed by atoms with Gasteiger partial charge in [-0.15, -0.1) is 0 Å². The van der Waals surface area contributed by atoms with E-state index in [9.17, 15) is 4.79 Å². The standard InChI is InChI=1S/C21H26N4O3/c1-16(17-3-7-19(8-4-17)25-11-13-28-14-12-25)23-24-21(26)15-22-18-5-9-20(27-2)10-6-18/h3-10,22H,11-15H2,1-2H3,(H,24,26)/b23-16-. The van der Waals surface area contributed by atoms with E-state index in [-0.39, 0.29) is 12.5 Å². The van der Waals surface area contributed by atoms with Crippen LogP contribution in [0.2, 0.25) is 0 Å². The summed E-state index contributed by atoms with van der Waals surface area (Å²) in [6.45, 7) is 5.35. The molecule has 1 heterocycles. The molecule has 2 N–H and O–H groups in total. The number of carbonyl (C=O) groups is 1. The van der Waals surface area contributed by atoms with Gasteiger partial charge < -0.3 is 19.7 Å². The Morgan fingerprint density at radius 3 is 2.43 bits per heavy atom. The fraction of sp³-hybridized carbons (Fsp3) is 0.333. The van der Waals surface area contributed by atoms with Crippen molar-refractivity contribution < 1.29 is 14.3 Å². The summed E-state index contributed by atoms with van der Waals surface area (Å²) in [5.74, 6) is 0.565. The highest BCUT2D eigenvalue weighted by molar-refractivity contribution is 5.99. The molecule has 7 nitrogen and oxygen atoms in total. The molecular formula is C21H26N4O3. The van der Waals surface area contributed by atoms with Crippen molar-refractivity contribution in [3.8, 4) is 5.75 Å². The van der Waals surface area contributed by atoms with Gasteiger partial charge in [-0.25, -0.2) is 5.43 Å². The molecule has 0 unspecified atom stereocenters. The maximum Gasteiger partial charge on any atom is 0.259 e. The number of hydrogen-bond acceptors (Lipinski definition) is 6. The van der Waals surface area contributed by atoms with E-state index >= 15 is 0 Å². The predicted octanol–water partition coefficient (Wildman–Crippen LogP) is 2.48. The lowest BCUT2D eigenvalue weighted by atomic mass is 10.1. The minimum absolute atomic E-state index is 0.138. The zero-order chi connectivity index (χ0) is 19.8. The smallest absolute Gasteiger partial charge is 0.259 e. The van der Waals surface area contributed by atoms with Crippen LogP contribution in [0.3, 0.4) is 0 Å². The van der Waals surface area contributed by atoms with Crippen LogP contribution in [0.1, 0.15) is 12.5 Å². The van der Waals surface area contributed by atoms with Crippen LogP contribution in [0.5, 0.6) is 5.75 Å². The molecule has 1 aliphatic heterocycles. The summed E-state index contributed by atoms with van der Waals surface area (Å²) < 4.78 is 10.5. The molecule has 1 saturated heterocycles. The van der Waals surface area contributed by atoms with Crippen LogP contribution in [0.25, 0.3) is 0 Å². The zero-order valence-corrected chi connectivity index (χ0v) is 16.3. The number of anilines is 2.